The van der Waals surface area contributed by atoms with Crippen molar-refractivity contribution in [3.8, 4) is 0 Å². The quantitative estimate of drug-likeness (QED) is 0.440. The standard InChI is InChI=1S/C31H38O6/c1-8-17(2)27(35)37-26-24(34)25-28(3,4)22(33)10-13-30(25,6)20-9-12-29(5)21(31(20,26)7)15-19(32)23(29)18-11-14-36-16-18/h8,10-11,13-16,20,23-26,34H,9,12H2,1-7H3. The SMILES string of the molecule is CC=C(C)C(=O)OC1C(O)C2C(C)(C)C(=O)C=CC2(C)C2CCC3(C)C(=CC(=O)C3c3ccoc3)C12C. The minimum absolute atomic E-state index is 0.00643. The minimum atomic E-state index is -1.10. The van der Waals surface area contributed by atoms with Gasteiger partial charge in [-0.1, -0.05) is 46.8 Å². The van der Waals surface area contributed by atoms with Gasteiger partial charge in [-0.05, 0) is 61.8 Å². The zero-order valence-electron chi connectivity index (χ0n) is 22.8. The van der Waals surface area contributed by atoms with Crippen molar-refractivity contribution in [1.82, 2.24) is 0 Å². The number of rotatable bonds is 3. The Morgan fingerprint density at radius 1 is 1.19 bits per heavy atom. The second-order valence-corrected chi connectivity index (χ2v) is 12.8. The highest BCUT2D eigenvalue weighted by Gasteiger charge is 2.72. The lowest BCUT2D eigenvalue weighted by Crippen LogP contribution is -2.70. The Morgan fingerprint density at radius 3 is 2.51 bits per heavy atom. The molecule has 4 aliphatic carbocycles. The van der Waals surface area contributed by atoms with E-state index in [1.165, 1.54) is 0 Å². The molecule has 6 heteroatoms. The molecule has 0 spiro atoms. The Morgan fingerprint density at radius 2 is 1.89 bits per heavy atom. The van der Waals surface area contributed by atoms with Gasteiger partial charge >= 0.3 is 5.97 Å². The molecule has 1 aromatic rings. The van der Waals surface area contributed by atoms with E-state index in [4.69, 9.17) is 9.15 Å². The summed E-state index contributed by atoms with van der Waals surface area (Å²) in [6, 6.07) is 1.84. The van der Waals surface area contributed by atoms with Crippen molar-refractivity contribution in [3.63, 3.8) is 0 Å². The molecule has 0 amide bonds. The van der Waals surface area contributed by atoms with Crippen LogP contribution >= 0.6 is 0 Å². The molecule has 1 heterocycles. The lowest BCUT2D eigenvalue weighted by atomic mass is 9.38. The second-order valence-electron chi connectivity index (χ2n) is 12.8. The zero-order valence-corrected chi connectivity index (χ0v) is 22.8. The molecule has 0 saturated heterocycles. The lowest BCUT2D eigenvalue weighted by Gasteiger charge is -2.67. The minimum Gasteiger partial charge on any atom is -0.472 e. The highest BCUT2D eigenvalue weighted by molar-refractivity contribution is 6.01. The number of aliphatic hydroxyl groups excluding tert-OH is 1. The highest BCUT2D eigenvalue weighted by Crippen LogP contribution is 2.72. The average molecular weight is 507 g/mol. The summed E-state index contributed by atoms with van der Waals surface area (Å²) in [7, 11) is 0. The van der Waals surface area contributed by atoms with E-state index in [-0.39, 0.29) is 17.5 Å². The van der Waals surface area contributed by atoms with Crippen LogP contribution < -0.4 is 0 Å². The summed E-state index contributed by atoms with van der Waals surface area (Å²) in [4.78, 5) is 39.8. The Hall–Kier alpha value is -2.73. The summed E-state index contributed by atoms with van der Waals surface area (Å²) < 4.78 is 11.6. The van der Waals surface area contributed by atoms with Gasteiger partial charge in [0.25, 0.3) is 0 Å². The average Bonchev–Trinajstić information content (AvgIpc) is 3.44. The summed E-state index contributed by atoms with van der Waals surface area (Å²) in [6.45, 7) is 13.5. The molecule has 8 unspecified atom stereocenters. The van der Waals surface area contributed by atoms with Crippen molar-refractivity contribution in [2.75, 3.05) is 0 Å². The molecule has 0 aliphatic heterocycles. The number of allylic oxidation sites excluding steroid dienone is 4. The molecule has 0 radical (unpaired) electrons. The lowest BCUT2D eigenvalue weighted by molar-refractivity contribution is -0.227. The third-order valence-electron chi connectivity index (χ3n) is 10.6. The van der Waals surface area contributed by atoms with E-state index in [2.05, 4.69) is 20.8 Å². The molecule has 1 aromatic heterocycles. The first kappa shape index (κ1) is 25.9. The molecule has 2 saturated carbocycles. The summed E-state index contributed by atoms with van der Waals surface area (Å²) >= 11 is 0. The van der Waals surface area contributed by atoms with Gasteiger partial charge < -0.3 is 14.3 Å². The molecule has 5 rings (SSSR count). The third-order valence-corrected chi connectivity index (χ3v) is 10.6. The predicted molar refractivity (Wildman–Crippen MR) is 138 cm³/mol. The molecule has 4 aliphatic rings. The van der Waals surface area contributed by atoms with Gasteiger partial charge in [0.05, 0.1) is 24.5 Å². The normalized spacial score (nSPS) is 42.5. The fourth-order valence-electron chi connectivity index (χ4n) is 8.80. The van der Waals surface area contributed by atoms with Crippen molar-refractivity contribution < 1.29 is 28.6 Å². The predicted octanol–water partition coefficient (Wildman–Crippen LogP) is 5.34. The number of ketones is 2. The second kappa shape index (κ2) is 8.13. The Labute approximate surface area is 218 Å². The van der Waals surface area contributed by atoms with Crippen molar-refractivity contribution in [1.29, 1.82) is 0 Å². The smallest absolute Gasteiger partial charge is 0.333 e. The van der Waals surface area contributed by atoms with Crippen LogP contribution in [0.2, 0.25) is 0 Å². The van der Waals surface area contributed by atoms with Crippen LogP contribution in [0.1, 0.15) is 72.8 Å². The zero-order chi connectivity index (χ0) is 27.1. The maximum absolute atomic E-state index is 13.6. The van der Waals surface area contributed by atoms with Crippen molar-refractivity contribution in [2.24, 2.45) is 33.5 Å². The highest BCUT2D eigenvalue weighted by atomic mass is 16.6. The molecule has 0 aromatic carbocycles. The number of hydrogen-bond acceptors (Lipinski definition) is 6. The van der Waals surface area contributed by atoms with Crippen molar-refractivity contribution in [2.45, 2.75) is 79.4 Å². The van der Waals surface area contributed by atoms with Crippen molar-refractivity contribution >= 4 is 17.5 Å². The Balaban J connectivity index is 1.72. The first-order chi connectivity index (χ1) is 17.2. The molecular weight excluding hydrogens is 468 g/mol. The molecule has 37 heavy (non-hydrogen) atoms. The van der Waals surface area contributed by atoms with Crippen LogP contribution in [0.5, 0.6) is 0 Å². The molecule has 1 N–H and O–H groups in total. The number of hydrogen-bond donors (Lipinski definition) is 1. The van der Waals surface area contributed by atoms with Gasteiger partial charge in [0.2, 0.25) is 0 Å². The number of aliphatic hydroxyl groups is 1. The molecule has 6 nitrogen and oxygen atoms in total. The van der Waals surface area contributed by atoms with Crippen LogP contribution in [-0.2, 0) is 19.1 Å². The fraction of sp³-hybridized carbons (Fsp3) is 0.581. The summed E-state index contributed by atoms with van der Waals surface area (Å²) in [5.74, 6) is -1.43. The van der Waals surface area contributed by atoms with E-state index in [0.717, 1.165) is 24.0 Å². The van der Waals surface area contributed by atoms with Crippen LogP contribution in [-0.4, -0.2) is 34.9 Å². The molecule has 2 fully saturated rings. The van der Waals surface area contributed by atoms with Crippen LogP contribution in [0.25, 0.3) is 0 Å². The number of furan rings is 1. The van der Waals surface area contributed by atoms with E-state index in [1.807, 2.05) is 26.0 Å². The van der Waals surface area contributed by atoms with E-state index in [1.54, 1.807) is 44.6 Å². The summed E-state index contributed by atoms with van der Waals surface area (Å²) in [6.07, 6.45) is 9.79. The monoisotopic (exact) mass is 506 g/mol. The van der Waals surface area contributed by atoms with Crippen LogP contribution in [0.15, 0.2) is 58.5 Å². The van der Waals surface area contributed by atoms with Gasteiger partial charge in [0.15, 0.2) is 11.6 Å². The number of carbonyl (C=O) groups excluding carboxylic acids is 3. The van der Waals surface area contributed by atoms with Crippen LogP contribution in [0, 0.1) is 33.5 Å². The van der Waals surface area contributed by atoms with Gasteiger partial charge in [-0.2, -0.15) is 0 Å². The first-order valence-corrected chi connectivity index (χ1v) is 13.3. The summed E-state index contributed by atoms with van der Waals surface area (Å²) in [5.41, 5.74) is -0.511. The van der Waals surface area contributed by atoms with Crippen LogP contribution in [0.3, 0.4) is 0 Å². The maximum Gasteiger partial charge on any atom is 0.333 e. The van der Waals surface area contributed by atoms with Gasteiger partial charge in [0, 0.05) is 33.3 Å². The molecule has 198 valence electrons. The van der Waals surface area contributed by atoms with Gasteiger partial charge in [-0.15, -0.1) is 0 Å². The molecule has 8 atom stereocenters. The number of fused-ring (bicyclic) bond motifs is 5. The van der Waals surface area contributed by atoms with E-state index in [9.17, 15) is 19.5 Å². The van der Waals surface area contributed by atoms with Crippen molar-refractivity contribution in [3.05, 3.63) is 59.6 Å². The van der Waals surface area contributed by atoms with Gasteiger partial charge in [-0.25, -0.2) is 4.79 Å². The van der Waals surface area contributed by atoms with Gasteiger partial charge in [0.1, 0.15) is 6.10 Å². The van der Waals surface area contributed by atoms with E-state index < -0.39 is 51.7 Å². The van der Waals surface area contributed by atoms with E-state index in [0.29, 0.717) is 5.57 Å². The Kier molecular flexibility index (Phi) is 5.69. The van der Waals surface area contributed by atoms with Gasteiger partial charge in [-0.3, -0.25) is 9.59 Å². The third kappa shape index (κ3) is 3.24. The Bertz CT molecular complexity index is 1250. The van der Waals surface area contributed by atoms with E-state index >= 15 is 0 Å². The summed E-state index contributed by atoms with van der Waals surface area (Å²) in [5, 5.41) is 12.1. The number of esters is 1. The number of carbonyl (C=O) groups is 3. The topological polar surface area (TPSA) is 93.8 Å². The molecular formula is C31H38O6. The number of ether oxygens (including phenoxy) is 1. The first-order valence-electron chi connectivity index (χ1n) is 13.3. The molecule has 0 bridgehead atoms. The van der Waals surface area contributed by atoms with Crippen LogP contribution in [0.4, 0.5) is 0 Å². The fourth-order valence-corrected chi connectivity index (χ4v) is 8.80. The maximum atomic E-state index is 13.6. The largest absolute Gasteiger partial charge is 0.472 e.